The van der Waals surface area contributed by atoms with Gasteiger partial charge in [-0.15, -0.1) is 0 Å². The predicted molar refractivity (Wildman–Crippen MR) is 86.0 cm³/mol. The number of nitrogens with one attached hydrogen (secondary N) is 2. The fraction of sp³-hybridized carbons (Fsp3) is 0. The maximum Gasteiger partial charge on any atom is 0.137 e. The molecule has 0 bridgehead atoms. The van der Waals surface area contributed by atoms with Gasteiger partial charge >= 0.3 is 0 Å². The van der Waals surface area contributed by atoms with E-state index in [9.17, 15) is 0 Å². The fourth-order valence-corrected chi connectivity index (χ4v) is 2.75. The monoisotopic (exact) mass is 271 g/mol. The van der Waals surface area contributed by atoms with Gasteiger partial charge < -0.3 is 4.98 Å². The quantitative estimate of drug-likeness (QED) is 0.529. The molecular weight excluding hydrogens is 258 g/mol. The number of pyridine rings is 1. The Hall–Kier alpha value is -2.94. The van der Waals surface area contributed by atoms with E-state index >= 15 is 0 Å². The zero-order valence-corrected chi connectivity index (χ0v) is 11.3. The highest BCUT2D eigenvalue weighted by atomic mass is 14.8. The minimum atomic E-state index is 0.519. The molecule has 0 amide bonds. The van der Waals surface area contributed by atoms with Crippen LogP contribution in [-0.2, 0) is 0 Å². The van der Waals surface area contributed by atoms with Crippen LogP contribution in [0, 0.1) is 5.41 Å². The van der Waals surface area contributed by atoms with Crippen LogP contribution in [0.4, 0.5) is 0 Å². The van der Waals surface area contributed by atoms with E-state index in [1.165, 1.54) is 0 Å². The van der Waals surface area contributed by atoms with Gasteiger partial charge in [-0.05, 0) is 22.9 Å². The van der Waals surface area contributed by atoms with Gasteiger partial charge in [0.05, 0.1) is 5.71 Å². The van der Waals surface area contributed by atoms with Crippen LogP contribution in [-0.4, -0.2) is 15.7 Å². The van der Waals surface area contributed by atoms with Crippen LogP contribution in [0.25, 0.3) is 21.8 Å². The largest absolute Gasteiger partial charge is 0.345 e. The molecule has 4 rings (SSSR count). The van der Waals surface area contributed by atoms with E-state index in [1.54, 1.807) is 6.20 Å². The minimum Gasteiger partial charge on any atom is -0.345 e. The topological polar surface area (TPSA) is 52.5 Å². The Kier molecular flexibility index (Phi) is 2.57. The van der Waals surface area contributed by atoms with Gasteiger partial charge in [0.1, 0.15) is 5.65 Å². The maximum atomic E-state index is 8.60. The van der Waals surface area contributed by atoms with Crippen molar-refractivity contribution < 1.29 is 0 Å². The molecule has 4 aromatic rings. The molecule has 0 atom stereocenters. The molecule has 0 aliphatic heterocycles. The van der Waals surface area contributed by atoms with E-state index < -0.39 is 0 Å². The van der Waals surface area contributed by atoms with E-state index in [4.69, 9.17) is 5.41 Å². The lowest BCUT2D eigenvalue weighted by Gasteiger charge is -2.07. The van der Waals surface area contributed by atoms with Crippen molar-refractivity contribution in [3.8, 4) is 0 Å². The number of benzene rings is 2. The van der Waals surface area contributed by atoms with E-state index in [2.05, 4.69) is 28.2 Å². The molecule has 2 N–H and O–H groups in total. The van der Waals surface area contributed by atoms with Gasteiger partial charge in [-0.3, -0.25) is 5.41 Å². The van der Waals surface area contributed by atoms with Gasteiger partial charge in [0.2, 0.25) is 0 Å². The first kappa shape index (κ1) is 11.9. The highest BCUT2D eigenvalue weighted by molar-refractivity contribution is 6.22. The zero-order valence-electron chi connectivity index (χ0n) is 11.3. The molecular formula is C18H13N3. The fourth-order valence-electron chi connectivity index (χ4n) is 2.75. The molecule has 2 aromatic heterocycles. The summed E-state index contributed by atoms with van der Waals surface area (Å²) >= 11 is 0. The van der Waals surface area contributed by atoms with Crippen LogP contribution in [0.15, 0.2) is 67.0 Å². The van der Waals surface area contributed by atoms with Crippen LogP contribution >= 0.6 is 0 Å². The van der Waals surface area contributed by atoms with Crippen molar-refractivity contribution in [3.05, 3.63) is 78.1 Å². The Bertz CT molecular complexity index is 961. The predicted octanol–water partition coefficient (Wildman–Crippen LogP) is 4.13. The summed E-state index contributed by atoms with van der Waals surface area (Å²) in [4.78, 5) is 7.42. The SMILES string of the molecule is N=C(c1cccc2ccccc12)c1c[nH]c2ncccc12. The average Bonchev–Trinajstić information content (AvgIpc) is 2.98. The second-order valence-electron chi connectivity index (χ2n) is 5.00. The van der Waals surface area contributed by atoms with Crippen LogP contribution in [0.5, 0.6) is 0 Å². The Morgan fingerprint density at radius 2 is 1.67 bits per heavy atom. The van der Waals surface area contributed by atoms with Gasteiger partial charge in [-0.2, -0.15) is 0 Å². The lowest BCUT2D eigenvalue weighted by atomic mass is 9.97. The van der Waals surface area contributed by atoms with Crippen molar-refractivity contribution in [1.29, 1.82) is 5.41 Å². The summed E-state index contributed by atoms with van der Waals surface area (Å²) < 4.78 is 0. The summed E-state index contributed by atoms with van der Waals surface area (Å²) in [6.45, 7) is 0. The van der Waals surface area contributed by atoms with Crippen LogP contribution in [0.3, 0.4) is 0 Å². The second-order valence-corrected chi connectivity index (χ2v) is 5.00. The van der Waals surface area contributed by atoms with E-state index in [0.29, 0.717) is 5.71 Å². The number of hydrogen-bond donors (Lipinski definition) is 2. The molecule has 3 heteroatoms. The molecule has 2 aromatic carbocycles. The molecule has 0 aliphatic rings. The van der Waals surface area contributed by atoms with Crippen molar-refractivity contribution >= 4 is 27.5 Å². The van der Waals surface area contributed by atoms with Crippen molar-refractivity contribution in [2.24, 2.45) is 0 Å². The number of fused-ring (bicyclic) bond motifs is 2. The highest BCUT2D eigenvalue weighted by Crippen LogP contribution is 2.24. The van der Waals surface area contributed by atoms with Gasteiger partial charge in [0.25, 0.3) is 0 Å². The number of nitrogens with zero attached hydrogens (tertiary/aromatic N) is 1. The third-order valence-corrected chi connectivity index (χ3v) is 3.78. The minimum absolute atomic E-state index is 0.519. The summed E-state index contributed by atoms with van der Waals surface area (Å²) in [5, 5.41) is 11.8. The van der Waals surface area contributed by atoms with Crippen LogP contribution in [0.1, 0.15) is 11.1 Å². The van der Waals surface area contributed by atoms with E-state index in [1.807, 2.05) is 42.6 Å². The third-order valence-electron chi connectivity index (χ3n) is 3.78. The molecule has 0 saturated carbocycles. The van der Waals surface area contributed by atoms with E-state index in [0.717, 1.165) is 32.9 Å². The molecule has 0 unspecified atom stereocenters. The smallest absolute Gasteiger partial charge is 0.137 e. The summed E-state index contributed by atoms with van der Waals surface area (Å²) in [6.07, 6.45) is 3.62. The standard InChI is InChI=1S/C18H13N3/c19-17(16-11-21-18-15(16)9-4-10-20-18)14-8-3-6-12-5-1-2-7-13(12)14/h1-11,19H,(H,20,21). The lowest BCUT2D eigenvalue weighted by Crippen LogP contribution is -2.01. The molecule has 0 radical (unpaired) electrons. The zero-order chi connectivity index (χ0) is 14.2. The third kappa shape index (κ3) is 1.82. The molecule has 100 valence electrons. The first-order valence-electron chi connectivity index (χ1n) is 6.84. The van der Waals surface area contributed by atoms with Gasteiger partial charge in [-0.25, -0.2) is 4.98 Å². The second kappa shape index (κ2) is 4.56. The molecule has 0 aliphatic carbocycles. The first-order chi connectivity index (χ1) is 10.3. The van der Waals surface area contributed by atoms with Crippen LogP contribution < -0.4 is 0 Å². The molecule has 21 heavy (non-hydrogen) atoms. The normalized spacial score (nSPS) is 11.0. The molecule has 0 spiro atoms. The maximum absolute atomic E-state index is 8.60. The number of rotatable bonds is 2. The number of hydrogen-bond acceptors (Lipinski definition) is 2. The lowest BCUT2D eigenvalue weighted by molar-refractivity contribution is 1.32. The molecule has 2 heterocycles. The molecule has 0 saturated heterocycles. The van der Waals surface area contributed by atoms with Crippen molar-refractivity contribution in [1.82, 2.24) is 9.97 Å². The summed E-state index contributed by atoms with van der Waals surface area (Å²) in [6, 6.07) is 18.1. The van der Waals surface area contributed by atoms with Gasteiger partial charge in [0, 0.05) is 28.9 Å². The Morgan fingerprint density at radius 3 is 2.62 bits per heavy atom. The summed E-state index contributed by atoms with van der Waals surface area (Å²) in [5.41, 5.74) is 3.16. The van der Waals surface area contributed by atoms with Crippen molar-refractivity contribution in [2.75, 3.05) is 0 Å². The Labute approximate surface area is 121 Å². The number of H-pyrrole nitrogens is 1. The average molecular weight is 271 g/mol. The Morgan fingerprint density at radius 1 is 0.857 bits per heavy atom. The number of aromatic amines is 1. The number of aromatic nitrogens is 2. The van der Waals surface area contributed by atoms with E-state index in [-0.39, 0.29) is 0 Å². The van der Waals surface area contributed by atoms with Crippen molar-refractivity contribution in [3.63, 3.8) is 0 Å². The van der Waals surface area contributed by atoms with Crippen molar-refractivity contribution in [2.45, 2.75) is 0 Å². The highest BCUT2D eigenvalue weighted by Gasteiger charge is 2.13. The first-order valence-corrected chi connectivity index (χ1v) is 6.84. The molecule has 3 nitrogen and oxygen atoms in total. The summed E-state index contributed by atoms with van der Waals surface area (Å²) in [5.74, 6) is 0. The Balaban J connectivity index is 1.95. The van der Waals surface area contributed by atoms with Gasteiger partial charge in [0.15, 0.2) is 0 Å². The molecule has 0 fully saturated rings. The summed E-state index contributed by atoms with van der Waals surface area (Å²) in [7, 11) is 0. The van der Waals surface area contributed by atoms with Gasteiger partial charge in [-0.1, -0.05) is 42.5 Å². The van der Waals surface area contributed by atoms with Crippen LogP contribution in [0.2, 0.25) is 0 Å².